The number of carboxylic acid groups (broad SMARTS) is 1. The average Bonchev–Trinajstić information content (AvgIpc) is 2.29. The molecule has 1 aliphatic rings. The molecule has 1 saturated carbocycles. The zero-order valence-corrected chi connectivity index (χ0v) is 11.8. The van der Waals surface area contributed by atoms with E-state index in [1.165, 1.54) is 0 Å². The van der Waals surface area contributed by atoms with Crippen LogP contribution >= 0.6 is 0 Å². The van der Waals surface area contributed by atoms with Gasteiger partial charge in [-0.2, -0.15) is 0 Å². The van der Waals surface area contributed by atoms with Crippen LogP contribution in [0.3, 0.4) is 0 Å². The lowest BCUT2D eigenvalue weighted by Gasteiger charge is -2.32. The summed E-state index contributed by atoms with van der Waals surface area (Å²) < 4.78 is 0. The summed E-state index contributed by atoms with van der Waals surface area (Å²) in [7, 11) is 0. The number of hydrogen-bond acceptors (Lipinski definition) is 3. The maximum Gasteiger partial charge on any atom is 0.306 e. The number of carbonyl (C=O) groups is 1. The van der Waals surface area contributed by atoms with Gasteiger partial charge in [0.2, 0.25) is 0 Å². The molecule has 1 fully saturated rings. The van der Waals surface area contributed by atoms with Gasteiger partial charge in [-0.3, -0.25) is 4.79 Å². The van der Waals surface area contributed by atoms with Crippen molar-refractivity contribution in [1.29, 1.82) is 0 Å². The molecule has 1 aliphatic carbocycles. The minimum Gasteiger partial charge on any atom is -0.481 e. The van der Waals surface area contributed by atoms with E-state index < -0.39 is 11.6 Å². The van der Waals surface area contributed by atoms with Gasteiger partial charge >= 0.3 is 5.97 Å². The Bertz CT molecular complexity index is 276. The molecule has 106 valence electrons. The van der Waals surface area contributed by atoms with E-state index in [1.807, 2.05) is 20.8 Å². The Hall–Kier alpha value is -0.610. The number of rotatable bonds is 6. The van der Waals surface area contributed by atoms with E-state index in [0.717, 1.165) is 25.7 Å². The second-order valence-corrected chi connectivity index (χ2v) is 6.13. The van der Waals surface area contributed by atoms with Gasteiger partial charge in [-0.15, -0.1) is 0 Å². The van der Waals surface area contributed by atoms with Gasteiger partial charge in [-0.1, -0.05) is 26.7 Å². The highest BCUT2D eigenvalue weighted by Gasteiger charge is 2.31. The van der Waals surface area contributed by atoms with Crippen LogP contribution in [-0.2, 0) is 4.79 Å². The van der Waals surface area contributed by atoms with Gasteiger partial charge in [0.1, 0.15) is 0 Å². The third-order valence-electron chi connectivity index (χ3n) is 4.36. The summed E-state index contributed by atoms with van der Waals surface area (Å²) in [4.78, 5) is 11.2. The summed E-state index contributed by atoms with van der Waals surface area (Å²) in [6, 6.07) is 0. The van der Waals surface area contributed by atoms with Gasteiger partial charge in [0.25, 0.3) is 0 Å². The molecule has 0 aromatic rings. The molecule has 0 saturated heterocycles. The fourth-order valence-electron chi connectivity index (χ4n) is 2.49. The minimum atomic E-state index is -0.729. The molecule has 4 nitrogen and oxygen atoms in total. The van der Waals surface area contributed by atoms with Crippen molar-refractivity contribution >= 4 is 5.97 Å². The second kappa shape index (κ2) is 6.53. The van der Waals surface area contributed by atoms with Gasteiger partial charge < -0.3 is 15.5 Å². The molecule has 0 aliphatic heterocycles. The fourth-order valence-corrected chi connectivity index (χ4v) is 2.49. The maximum atomic E-state index is 11.2. The molecule has 0 radical (unpaired) electrons. The third-order valence-corrected chi connectivity index (χ3v) is 4.36. The number of nitrogens with one attached hydrogen (secondary N) is 1. The predicted molar refractivity (Wildman–Crippen MR) is 71.4 cm³/mol. The first-order chi connectivity index (χ1) is 8.34. The Kier molecular flexibility index (Phi) is 5.60. The number of aliphatic carboxylic acids is 1. The molecule has 0 spiro atoms. The molecule has 0 aromatic heterocycles. The van der Waals surface area contributed by atoms with Crippen LogP contribution < -0.4 is 5.32 Å². The Morgan fingerprint density at radius 3 is 2.56 bits per heavy atom. The standard InChI is InChI=1S/C14H27NO3/c1-10(2)14(3,18)9-15-8-11-6-4-5-7-12(11)13(16)17/h10-12,15,18H,4-9H2,1-3H3,(H,16,17). The molecule has 0 heterocycles. The van der Waals surface area contributed by atoms with Crippen molar-refractivity contribution in [3.05, 3.63) is 0 Å². The number of hydrogen-bond donors (Lipinski definition) is 3. The predicted octanol–water partition coefficient (Wildman–Crippen LogP) is 1.87. The largest absolute Gasteiger partial charge is 0.481 e. The van der Waals surface area contributed by atoms with E-state index in [0.29, 0.717) is 13.1 Å². The molecule has 3 unspecified atom stereocenters. The normalized spacial score (nSPS) is 28.1. The lowest BCUT2D eigenvalue weighted by molar-refractivity contribution is -0.144. The fraction of sp³-hybridized carbons (Fsp3) is 0.929. The van der Waals surface area contributed by atoms with Gasteiger partial charge in [0.15, 0.2) is 0 Å². The lowest BCUT2D eigenvalue weighted by atomic mass is 9.79. The SMILES string of the molecule is CC(C)C(C)(O)CNCC1CCCCC1C(=O)O. The lowest BCUT2D eigenvalue weighted by Crippen LogP contribution is -2.45. The van der Waals surface area contributed by atoms with Gasteiger partial charge in [-0.05, 0) is 38.1 Å². The van der Waals surface area contributed by atoms with Gasteiger partial charge in [0.05, 0.1) is 11.5 Å². The van der Waals surface area contributed by atoms with Crippen LogP contribution in [0.4, 0.5) is 0 Å². The van der Waals surface area contributed by atoms with Crippen molar-refractivity contribution in [2.24, 2.45) is 17.8 Å². The highest BCUT2D eigenvalue weighted by atomic mass is 16.4. The van der Waals surface area contributed by atoms with E-state index in [-0.39, 0.29) is 17.8 Å². The van der Waals surface area contributed by atoms with Crippen LogP contribution in [0.25, 0.3) is 0 Å². The first-order valence-corrected chi connectivity index (χ1v) is 7.00. The van der Waals surface area contributed by atoms with E-state index in [9.17, 15) is 15.0 Å². The topological polar surface area (TPSA) is 69.6 Å². The third kappa shape index (κ3) is 4.25. The molecule has 1 rings (SSSR count). The summed E-state index contributed by atoms with van der Waals surface area (Å²) in [5.74, 6) is -0.488. The van der Waals surface area contributed by atoms with Crippen LogP contribution in [0.1, 0.15) is 46.5 Å². The molecular weight excluding hydrogens is 230 g/mol. The van der Waals surface area contributed by atoms with Crippen molar-refractivity contribution in [2.75, 3.05) is 13.1 Å². The second-order valence-electron chi connectivity index (χ2n) is 6.13. The molecular formula is C14H27NO3. The molecule has 3 N–H and O–H groups in total. The highest BCUT2D eigenvalue weighted by molar-refractivity contribution is 5.70. The summed E-state index contributed by atoms with van der Waals surface area (Å²) >= 11 is 0. The molecule has 0 aromatic carbocycles. The van der Waals surface area contributed by atoms with E-state index in [1.54, 1.807) is 0 Å². The molecule has 4 heteroatoms. The zero-order valence-electron chi connectivity index (χ0n) is 11.8. The molecule has 3 atom stereocenters. The van der Waals surface area contributed by atoms with E-state index >= 15 is 0 Å². The van der Waals surface area contributed by atoms with Crippen molar-refractivity contribution in [1.82, 2.24) is 5.32 Å². The monoisotopic (exact) mass is 257 g/mol. The molecule has 0 bridgehead atoms. The summed E-state index contributed by atoms with van der Waals surface area (Å²) in [5, 5.41) is 22.5. The van der Waals surface area contributed by atoms with Crippen LogP contribution in [0.2, 0.25) is 0 Å². The Balaban J connectivity index is 2.39. The first kappa shape index (κ1) is 15.4. The smallest absolute Gasteiger partial charge is 0.306 e. The maximum absolute atomic E-state index is 11.2. The van der Waals surface area contributed by atoms with Gasteiger partial charge in [0, 0.05) is 6.54 Å². The number of carboxylic acids is 1. The molecule has 0 amide bonds. The van der Waals surface area contributed by atoms with Crippen LogP contribution in [-0.4, -0.2) is 34.9 Å². The summed E-state index contributed by atoms with van der Waals surface area (Å²) in [6.07, 6.45) is 3.92. The quantitative estimate of drug-likeness (QED) is 0.679. The van der Waals surface area contributed by atoms with Gasteiger partial charge in [-0.25, -0.2) is 0 Å². The first-order valence-electron chi connectivity index (χ1n) is 7.00. The van der Waals surface area contributed by atoms with Crippen molar-refractivity contribution in [3.8, 4) is 0 Å². The van der Waals surface area contributed by atoms with E-state index in [2.05, 4.69) is 5.32 Å². The van der Waals surface area contributed by atoms with E-state index in [4.69, 9.17) is 0 Å². The van der Waals surface area contributed by atoms with Crippen LogP contribution in [0.5, 0.6) is 0 Å². The van der Waals surface area contributed by atoms with Crippen LogP contribution in [0, 0.1) is 17.8 Å². The van der Waals surface area contributed by atoms with Crippen molar-refractivity contribution in [2.45, 2.75) is 52.1 Å². The van der Waals surface area contributed by atoms with Crippen molar-refractivity contribution in [3.63, 3.8) is 0 Å². The summed E-state index contributed by atoms with van der Waals surface area (Å²) in [6.45, 7) is 7.01. The Morgan fingerprint density at radius 1 is 1.39 bits per heavy atom. The zero-order chi connectivity index (χ0) is 13.8. The Labute approximate surface area is 110 Å². The van der Waals surface area contributed by atoms with Crippen molar-refractivity contribution < 1.29 is 15.0 Å². The number of aliphatic hydroxyl groups is 1. The Morgan fingerprint density at radius 2 is 2.00 bits per heavy atom. The van der Waals surface area contributed by atoms with Crippen LogP contribution in [0.15, 0.2) is 0 Å². The average molecular weight is 257 g/mol. The molecule has 18 heavy (non-hydrogen) atoms. The summed E-state index contributed by atoms with van der Waals surface area (Å²) in [5.41, 5.74) is -0.729. The minimum absolute atomic E-state index is 0.187. The highest BCUT2D eigenvalue weighted by Crippen LogP contribution is 2.29.